The lowest BCUT2D eigenvalue weighted by Gasteiger charge is -2.35. The highest BCUT2D eigenvalue weighted by molar-refractivity contribution is 6.12. The van der Waals surface area contributed by atoms with Crippen molar-refractivity contribution < 1.29 is 14.3 Å². The van der Waals surface area contributed by atoms with Crippen LogP contribution in [0.3, 0.4) is 0 Å². The summed E-state index contributed by atoms with van der Waals surface area (Å²) in [6.07, 6.45) is 3.32. The second kappa shape index (κ2) is 8.25. The van der Waals surface area contributed by atoms with E-state index in [1.54, 1.807) is 36.3 Å². The first-order valence-electron chi connectivity index (χ1n) is 9.65. The maximum Gasteiger partial charge on any atom is 0.261 e. The number of ether oxygens (including phenoxy) is 1. The molecular formula is C25H22N2O3. The van der Waals surface area contributed by atoms with Crippen LogP contribution >= 0.6 is 0 Å². The number of hydrogen-bond donors (Lipinski definition) is 0. The zero-order valence-corrected chi connectivity index (χ0v) is 16.9. The molecule has 1 heterocycles. The average molecular weight is 398 g/mol. The van der Waals surface area contributed by atoms with Crippen molar-refractivity contribution in [3.8, 4) is 5.75 Å². The number of nitrogens with zero attached hydrogens (tertiary/aromatic N) is 2. The summed E-state index contributed by atoms with van der Waals surface area (Å²) in [6, 6.07) is 22.2. The lowest BCUT2D eigenvalue weighted by Crippen LogP contribution is -2.45. The van der Waals surface area contributed by atoms with Crippen molar-refractivity contribution in [2.75, 3.05) is 30.6 Å². The van der Waals surface area contributed by atoms with Crippen molar-refractivity contribution >= 4 is 29.1 Å². The second-order valence-corrected chi connectivity index (χ2v) is 7.11. The fourth-order valence-electron chi connectivity index (χ4n) is 3.47. The zero-order chi connectivity index (χ0) is 21.1. The molecule has 4 rings (SSSR count). The van der Waals surface area contributed by atoms with Crippen LogP contribution in [-0.4, -0.2) is 32.5 Å². The molecule has 5 nitrogen and oxygen atoms in total. The van der Waals surface area contributed by atoms with Gasteiger partial charge in [0.2, 0.25) is 0 Å². The van der Waals surface area contributed by atoms with Crippen molar-refractivity contribution in [3.05, 3.63) is 95.6 Å². The molecule has 0 unspecified atom stereocenters. The lowest BCUT2D eigenvalue weighted by molar-refractivity contribution is 0.0982. The third-order valence-electron chi connectivity index (χ3n) is 5.15. The number of carbonyl (C=O) groups is 2. The molecule has 150 valence electrons. The van der Waals surface area contributed by atoms with E-state index in [4.69, 9.17) is 4.74 Å². The van der Waals surface area contributed by atoms with Gasteiger partial charge in [0.05, 0.1) is 25.0 Å². The molecule has 0 spiro atoms. The Kier molecular flexibility index (Phi) is 5.35. The quantitative estimate of drug-likeness (QED) is 0.464. The predicted octanol–water partition coefficient (Wildman–Crippen LogP) is 4.65. The molecule has 1 aliphatic rings. The Morgan fingerprint density at radius 3 is 2.37 bits per heavy atom. The molecular weight excluding hydrogens is 376 g/mol. The fourth-order valence-corrected chi connectivity index (χ4v) is 3.47. The van der Waals surface area contributed by atoms with Crippen LogP contribution in [0.2, 0.25) is 0 Å². The Morgan fingerprint density at radius 2 is 1.67 bits per heavy atom. The van der Waals surface area contributed by atoms with Gasteiger partial charge in [-0.25, -0.2) is 0 Å². The Bertz CT molecular complexity index is 1100. The van der Waals surface area contributed by atoms with Crippen molar-refractivity contribution in [3.63, 3.8) is 0 Å². The van der Waals surface area contributed by atoms with Gasteiger partial charge >= 0.3 is 0 Å². The van der Waals surface area contributed by atoms with E-state index in [-0.39, 0.29) is 11.7 Å². The molecule has 0 radical (unpaired) electrons. The minimum absolute atomic E-state index is 0.0396. The summed E-state index contributed by atoms with van der Waals surface area (Å²) >= 11 is 0. The van der Waals surface area contributed by atoms with Crippen LogP contribution in [0.4, 0.5) is 11.4 Å². The number of ketones is 1. The molecule has 1 aliphatic heterocycles. The molecule has 1 amide bonds. The summed E-state index contributed by atoms with van der Waals surface area (Å²) in [5, 5.41) is 0. The van der Waals surface area contributed by atoms with Gasteiger partial charge in [-0.1, -0.05) is 30.3 Å². The van der Waals surface area contributed by atoms with Gasteiger partial charge in [-0.15, -0.1) is 0 Å². The molecule has 3 aromatic rings. The van der Waals surface area contributed by atoms with Crippen molar-refractivity contribution in [1.29, 1.82) is 0 Å². The number of rotatable bonds is 5. The summed E-state index contributed by atoms with van der Waals surface area (Å²) in [4.78, 5) is 29.2. The van der Waals surface area contributed by atoms with E-state index >= 15 is 0 Å². The van der Waals surface area contributed by atoms with Gasteiger partial charge < -0.3 is 9.64 Å². The van der Waals surface area contributed by atoms with Crippen LogP contribution in [-0.2, 0) is 0 Å². The van der Waals surface area contributed by atoms with E-state index in [1.165, 1.54) is 0 Å². The summed E-state index contributed by atoms with van der Waals surface area (Å²) in [6.45, 7) is 0.459. The number of carbonyl (C=O) groups excluding carboxylic acids is 2. The zero-order valence-electron chi connectivity index (χ0n) is 16.9. The minimum atomic E-state index is -0.0928. The average Bonchev–Trinajstić information content (AvgIpc) is 2.80. The number of hydrogen-bond acceptors (Lipinski definition) is 4. The monoisotopic (exact) mass is 398 g/mol. The van der Waals surface area contributed by atoms with Gasteiger partial charge in [-0.3, -0.25) is 14.5 Å². The minimum Gasteiger partial charge on any atom is -0.497 e. The number of para-hydroxylation sites is 1. The van der Waals surface area contributed by atoms with Crippen molar-refractivity contribution in [2.24, 2.45) is 0 Å². The first kappa shape index (κ1) is 19.5. The molecule has 30 heavy (non-hydrogen) atoms. The summed E-state index contributed by atoms with van der Waals surface area (Å²) in [5.74, 6) is 0.640. The predicted molar refractivity (Wildman–Crippen MR) is 119 cm³/mol. The number of allylic oxidation sites excluding steroid dienone is 1. The standard InChI is InChI=1S/C25H22N2O3/c1-26-17-27(25(29)22-5-3-4-6-23(22)26)20-12-10-19(11-13-20)24(28)16-9-18-7-14-21(30-2)15-8-18/h3-16H,17H2,1-2H3/b16-9+. The largest absolute Gasteiger partial charge is 0.497 e. The van der Waals surface area contributed by atoms with Gasteiger partial charge in [-0.05, 0) is 60.2 Å². The Labute approximate surface area is 175 Å². The lowest BCUT2D eigenvalue weighted by atomic mass is 10.1. The van der Waals surface area contributed by atoms with E-state index in [0.29, 0.717) is 17.8 Å². The van der Waals surface area contributed by atoms with Crippen LogP contribution < -0.4 is 14.5 Å². The normalized spacial score (nSPS) is 13.5. The highest BCUT2D eigenvalue weighted by Gasteiger charge is 2.28. The third kappa shape index (κ3) is 3.82. The maximum absolute atomic E-state index is 12.9. The molecule has 0 bridgehead atoms. The van der Waals surface area contributed by atoms with Crippen molar-refractivity contribution in [2.45, 2.75) is 0 Å². The van der Waals surface area contributed by atoms with Crippen LogP contribution in [0.1, 0.15) is 26.3 Å². The van der Waals surface area contributed by atoms with Gasteiger partial charge in [0.1, 0.15) is 5.75 Å². The smallest absolute Gasteiger partial charge is 0.261 e. The molecule has 0 N–H and O–H groups in total. The molecule has 3 aromatic carbocycles. The number of benzene rings is 3. The van der Waals surface area contributed by atoms with E-state index in [9.17, 15) is 9.59 Å². The second-order valence-electron chi connectivity index (χ2n) is 7.11. The van der Waals surface area contributed by atoms with Gasteiger partial charge in [0.25, 0.3) is 5.91 Å². The van der Waals surface area contributed by atoms with Crippen LogP contribution in [0.25, 0.3) is 6.08 Å². The van der Waals surface area contributed by atoms with Gasteiger partial charge in [-0.2, -0.15) is 0 Å². The number of anilines is 2. The SMILES string of the molecule is COc1ccc(/C=C/C(=O)c2ccc(N3CN(C)c4ccccc4C3=O)cc2)cc1. The summed E-state index contributed by atoms with van der Waals surface area (Å²) in [7, 11) is 3.58. The van der Waals surface area contributed by atoms with E-state index < -0.39 is 0 Å². The first-order valence-corrected chi connectivity index (χ1v) is 9.65. The Hall–Kier alpha value is -3.86. The van der Waals surface area contributed by atoms with E-state index in [1.807, 2.05) is 72.6 Å². The third-order valence-corrected chi connectivity index (χ3v) is 5.15. The fraction of sp³-hybridized carbons (Fsp3) is 0.120. The molecule has 0 fully saturated rings. The molecule has 5 heteroatoms. The summed E-state index contributed by atoms with van der Waals surface area (Å²) < 4.78 is 5.14. The summed E-state index contributed by atoms with van der Waals surface area (Å²) in [5.41, 5.74) is 3.85. The maximum atomic E-state index is 12.9. The number of fused-ring (bicyclic) bond motifs is 1. The highest BCUT2D eigenvalue weighted by atomic mass is 16.5. The molecule has 0 aliphatic carbocycles. The van der Waals surface area contributed by atoms with E-state index in [2.05, 4.69) is 0 Å². The van der Waals surface area contributed by atoms with Crippen LogP contribution in [0.5, 0.6) is 5.75 Å². The van der Waals surface area contributed by atoms with Crippen molar-refractivity contribution in [1.82, 2.24) is 0 Å². The Balaban J connectivity index is 1.49. The van der Waals surface area contributed by atoms with E-state index in [0.717, 1.165) is 22.7 Å². The first-order chi connectivity index (χ1) is 14.6. The van der Waals surface area contributed by atoms with Crippen LogP contribution in [0, 0.1) is 0 Å². The van der Waals surface area contributed by atoms with Crippen LogP contribution in [0.15, 0.2) is 78.9 Å². The number of methoxy groups -OCH3 is 1. The highest BCUT2D eigenvalue weighted by Crippen LogP contribution is 2.29. The molecule has 0 saturated carbocycles. The topological polar surface area (TPSA) is 49.9 Å². The molecule has 0 atom stereocenters. The molecule has 0 aromatic heterocycles. The number of amides is 1. The molecule has 0 saturated heterocycles. The van der Waals surface area contributed by atoms with Gasteiger partial charge in [0, 0.05) is 18.3 Å². The van der Waals surface area contributed by atoms with Gasteiger partial charge in [0.15, 0.2) is 5.78 Å². The Morgan fingerprint density at radius 1 is 0.967 bits per heavy atom.